The van der Waals surface area contributed by atoms with Crippen molar-refractivity contribution >= 4 is 29.9 Å². The average molecular weight is 312 g/mol. The summed E-state index contributed by atoms with van der Waals surface area (Å²) in [5.74, 6) is -0.466. The summed E-state index contributed by atoms with van der Waals surface area (Å²) in [5, 5.41) is 6.23. The van der Waals surface area contributed by atoms with Crippen molar-refractivity contribution in [2.45, 2.75) is 38.6 Å². The van der Waals surface area contributed by atoms with E-state index in [0.29, 0.717) is 11.3 Å². The first-order valence-corrected chi connectivity index (χ1v) is 6.95. The Hall–Kier alpha value is -1.59. The van der Waals surface area contributed by atoms with Crippen LogP contribution in [0.25, 0.3) is 0 Å². The van der Waals surface area contributed by atoms with E-state index in [0.717, 1.165) is 31.4 Å². The molecular formula is C15H22ClN3O2. The molecule has 1 atom stereocenters. The third-order valence-corrected chi connectivity index (χ3v) is 4.03. The molecule has 0 radical (unpaired) electrons. The minimum absolute atomic E-state index is 0. The summed E-state index contributed by atoms with van der Waals surface area (Å²) in [4.78, 5) is 23.6. The van der Waals surface area contributed by atoms with Crippen molar-refractivity contribution in [2.24, 2.45) is 5.73 Å². The van der Waals surface area contributed by atoms with Crippen molar-refractivity contribution in [3.8, 4) is 0 Å². The number of carbonyl (C=O) groups is 2. The van der Waals surface area contributed by atoms with E-state index >= 15 is 0 Å². The fourth-order valence-corrected chi connectivity index (χ4v) is 2.73. The van der Waals surface area contributed by atoms with E-state index in [-0.39, 0.29) is 18.3 Å². The second-order valence-electron chi connectivity index (χ2n) is 5.31. The van der Waals surface area contributed by atoms with Crippen molar-refractivity contribution in [3.63, 3.8) is 0 Å². The van der Waals surface area contributed by atoms with E-state index in [1.165, 1.54) is 0 Å². The number of rotatable bonds is 4. The van der Waals surface area contributed by atoms with Crippen LogP contribution in [0.2, 0.25) is 0 Å². The summed E-state index contributed by atoms with van der Waals surface area (Å²) in [6.45, 7) is 4.69. The molecule has 0 spiro atoms. The highest BCUT2D eigenvalue weighted by Crippen LogP contribution is 2.25. The molecule has 2 amide bonds. The number of amides is 2. The molecule has 116 valence electrons. The van der Waals surface area contributed by atoms with Crippen molar-refractivity contribution < 1.29 is 9.59 Å². The lowest BCUT2D eigenvalue weighted by Crippen LogP contribution is -2.50. The molecule has 0 aromatic heterocycles. The Kier molecular flexibility index (Phi) is 5.75. The van der Waals surface area contributed by atoms with Crippen LogP contribution >= 0.6 is 12.4 Å². The summed E-state index contributed by atoms with van der Waals surface area (Å²) in [5.41, 5.74) is 6.75. The summed E-state index contributed by atoms with van der Waals surface area (Å²) >= 11 is 0. The van der Waals surface area contributed by atoms with Gasteiger partial charge in [0.05, 0.1) is 5.54 Å². The van der Waals surface area contributed by atoms with E-state index < -0.39 is 11.4 Å². The predicted octanol–water partition coefficient (Wildman–Crippen LogP) is 1.99. The topological polar surface area (TPSA) is 84.2 Å². The standard InChI is InChI=1S/C15H21N3O2.ClH/c1-3-15(7-4-8-17-15)14(20)18-11-5-6-12(13(16)19)10(2)9-11;/h5-6,9,17H,3-4,7-8H2,1-2H3,(H2,16,19)(H,18,20);1H. The van der Waals surface area contributed by atoms with Crippen LogP contribution in [-0.4, -0.2) is 23.9 Å². The number of carbonyl (C=O) groups excluding carboxylic acids is 2. The van der Waals surface area contributed by atoms with E-state index in [1.54, 1.807) is 25.1 Å². The second-order valence-corrected chi connectivity index (χ2v) is 5.31. The molecule has 21 heavy (non-hydrogen) atoms. The minimum atomic E-state index is -0.462. The van der Waals surface area contributed by atoms with Gasteiger partial charge in [-0.2, -0.15) is 0 Å². The lowest BCUT2D eigenvalue weighted by molar-refractivity contribution is -0.122. The number of primary amides is 1. The predicted molar refractivity (Wildman–Crippen MR) is 85.8 cm³/mol. The maximum atomic E-state index is 12.4. The Morgan fingerprint density at radius 1 is 1.43 bits per heavy atom. The fraction of sp³-hybridized carbons (Fsp3) is 0.467. The molecule has 1 unspecified atom stereocenters. The highest BCUT2D eigenvalue weighted by atomic mass is 35.5. The molecule has 1 aromatic rings. The first-order valence-electron chi connectivity index (χ1n) is 6.95. The van der Waals surface area contributed by atoms with Gasteiger partial charge in [0.1, 0.15) is 0 Å². The number of halogens is 1. The van der Waals surface area contributed by atoms with Crippen LogP contribution in [0.1, 0.15) is 42.1 Å². The fourth-order valence-electron chi connectivity index (χ4n) is 2.73. The van der Waals surface area contributed by atoms with E-state index in [4.69, 9.17) is 5.73 Å². The number of aryl methyl sites for hydroxylation is 1. The maximum absolute atomic E-state index is 12.4. The molecule has 1 aliphatic heterocycles. The smallest absolute Gasteiger partial charge is 0.248 e. The molecule has 6 heteroatoms. The van der Waals surface area contributed by atoms with Crippen molar-refractivity contribution in [2.75, 3.05) is 11.9 Å². The van der Waals surface area contributed by atoms with Crippen LogP contribution in [0, 0.1) is 6.92 Å². The van der Waals surface area contributed by atoms with E-state index in [2.05, 4.69) is 10.6 Å². The first-order chi connectivity index (χ1) is 9.48. The SMILES string of the molecule is CCC1(C(=O)Nc2ccc(C(N)=O)c(C)c2)CCCN1.Cl. The Labute approximate surface area is 131 Å². The number of anilines is 1. The van der Waals surface area contributed by atoms with Gasteiger partial charge in [0.25, 0.3) is 0 Å². The lowest BCUT2D eigenvalue weighted by atomic mass is 9.93. The van der Waals surface area contributed by atoms with Gasteiger partial charge in [0, 0.05) is 11.3 Å². The molecular weight excluding hydrogens is 290 g/mol. The van der Waals surface area contributed by atoms with Gasteiger partial charge >= 0.3 is 0 Å². The third-order valence-electron chi connectivity index (χ3n) is 4.03. The Balaban J connectivity index is 0.00000220. The number of benzene rings is 1. The van der Waals surface area contributed by atoms with Gasteiger partial charge in [0.2, 0.25) is 11.8 Å². The zero-order valence-corrected chi connectivity index (χ0v) is 13.2. The van der Waals surface area contributed by atoms with Gasteiger partial charge in [-0.25, -0.2) is 0 Å². The van der Waals surface area contributed by atoms with Gasteiger partial charge in [-0.3, -0.25) is 9.59 Å². The second kappa shape index (κ2) is 6.91. The molecule has 1 saturated heterocycles. The maximum Gasteiger partial charge on any atom is 0.248 e. The molecule has 0 saturated carbocycles. The molecule has 0 aliphatic carbocycles. The van der Waals surface area contributed by atoms with Gasteiger partial charge in [-0.1, -0.05) is 6.92 Å². The third kappa shape index (κ3) is 3.54. The van der Waals surface area contributed by atoms with Crippen molar-refractivity contribution in [3.05, 3.63) is 29.3 Å². The summed E-state index contributed by atoms with van der Waals surface area (Å²) < 4.78 is 0. The van der Waals surface area contributed by atoms with Crippen LogP contribution in [-0.2, 0) is 4.79 Å². The van der Waals surface area contributed by atoms with Crippen molar-refractivity contribution in [1.82, 2.24) is 5.32 Å². The van der Waals surface area contributed by atoms with E-state index in [1.807, 2.05) is 6.92 Å². The molecule has 1 aromatic carbocycles. The highest BCUT2D eigenvalue weighted by Gasteiger charge is 2.39. The van der Waals surface area contributed by atoms with Gasteiger partial charge in [-0.15, -0.1) is 12.4 Å². The molecule has 2 rings (SSSR count). The number of hydrogen-bond donors (Lipinski definition) is 3. The Morgan fingerprint density at radius 2 is 2.14 bits per heavy atom. The molecule has 5 nitrogen and oxygen atoms in total. The average Bonchev–Trinajstić information content (AvgIpc) is 2.88. The molecule has 0 bridgehead atoms. The monoisotopic (exact) mass is 311 g/mol. The summed E-state index contributed by atoms with van der Waals surface area (Å²) in [7, 11) is 0. The molecule has 4 N–H and O–H groups in total. The molecule has 1 heterocycles. The summed E-state index contributed by atoms with van der Waals surface area (Å²) in [6.07, 6.45) is 2.63. The van der Waals surface area contributed by atoms with Crippen LogP contribution in [0.4, 0.5) is 5.69 Å². The zero-order valence-electron chi connectivity index (χ0n) is 12.4. The van der Waals surface area contributed by atoms with Gasteiger partial charge < -0.3 is 16.4 Å². The van der Waals surface area contributed by atoms with Gasteiger partial charge in [0.15, 0.2) is 0 Å². The lowest BCUT2D eigenvalue weighted by Gasteiger charge is -2.26. The first kappa shape index (κ1) is 17.5. The number of hydrogen-bond acceptors (Lipinski definition) is 3. The van der Waals surface area contributed by atoms with Crippen LogP contribution in [0.5, 0.6) is 0 Å². The summed E-state index contributed by atoms with van der Waals surface area (Å²) in [6, 6.07) is 5.13. The van der Waals surface area contributed by atoms with Crippen LogP contribution in [0.15, 0.2) is 18.2 Å². The highest BCUT2D eigenvalue weighted by molar-refractivity contribution is 5.99. The van der Waals surface area contributed by atoms with Gasteiger partial charge in [-0.05, 0) is 56.5 Å². The van der Waals surface area contributed by atoms with Crippen LogP contribution in [0.3, 0.4) is 0 Å². The van der Waals surface area contributed by atoms with Crippen molar-refractivity contribution in [1.29, 1.82) is 0 Å². The quantitative estimate of drug-likeness (QED) is 0.795. The Bertz CT molecular complexity index is 540. The molecule has 1 fully saturated rings. The molecule has 1 aliphatic rings. The number of nitrogens with one attached hydrogen (secondary N) is 2. The minimum Gasteiger partial charge on any atom is -0.366 e. The van der Waals surface area contributed by atoms with E-state index in [9.17, 15) is 9.59 Å². The van der Waals surface area contributed by atoms with Crippen LogP contribution < -0.4 is 16.4 Å². The number of nitrogens with two attached hydrogens (primary N) is 1. The zero-order chi connectivity index (χ0) is 14.8. The largest absolute Gasteiger partial charge is 0.366 e. The normalized spacial score (nSPS) is 20.7. The Morgan fingerprint density at radius 3 is 2.62 bits per heavy atom.